The second-order valence-corrected chi connectivity index (χ2v) is 4.14. The normalized spacial score (nSPS) is 11.6. The molecule has 1 aromatic rings. The maximum Gasteiger partial charge on any atom is 0.411 e. The maximum atomic E-state index is 11.8. The summed E-state index contributed by atoms with van der Waals surface area (Å²) >= 11 is 0. The van der Waals surface area contributed by atoms with Crippen molar-refractivity contribution in [2.45, 2.75) is 26.4 Å². The molecule has 0 fully saturated rings. The summed E-state index contributed by atoms with van der Waals surface area (Å²) in [5.74, 6) is 0.769. The molecule has 5 heteroatoms. The molecule has 0 aliphatic carbocycles. The Hall–Kier alpha value is -1.23. The van der Waals surface area contributed by atoms with Gasteiger partial charge in [-0.2, -0.15) is 13.2 Å². The maximum absolute atomic E-state index is 11.8. The van der Waals surface area contributed by atoms with Crippen LogP contribution in [0.1, 0.15) is 17.5 Å². The van der Waals surface area contributed by atoms with Gasteiger partial charge in [-0.3, -0.25) is 0 Å². The summed E-state index contributed by atoms with van der Waals surface area (Å²) in [5, 5.41) is 0. The van der Waals surface area contributed by atoms with Gasteiger partial charge in [0.15, 0.2) is 0 Å². The molecule has 18 heavy (non-hydrogen) atoms. The molecule has 2 nitrogen and oxygen atoms in total. The first-order valence-corrected chi connectivity index (χ1v) is 5.73. The van der Waals surface area contributed by atoms with E-state index in [4.69, 9.17) is 4.74 Å². The quantitative estimate of drug-likeness (QED) is 0.728. The van der Waals surface area contributed by atoms with Crippen LogP contribution in [-0.2, 0) is 4.74 Å². The standard InChI is InChI=1S/C13H17F3O2/c1-10-4-5-11(2)12(8-10)18-7-3-6-17-9-13(14,15)16/h4-5,8H,3,6-7,9H2,1-2H3. The van der Waals surface area contributed by atoms with Gasteiger partial charge in [0, 0.05) is 6.42 Å². The minimum Gasteiger partial charge on any atom is -0.493 e. The zero-order chi connectivity index (χ0) is 13.6. The van der Waals surface area contributed by atoms with E-state index in [9.17, 15) is 13.2 Å². The second-order valence-electron chi connectivity index (χ2n) is 4.14. The van der Waals surface area contributed by atoms with Crippen LogP contribution < -0.4 is 4.74 Å². The van der Waals surface area contributed by atoms with Gasteiger partial charge in [-0.1, -0.05) is 12.1 Å². The van der Waals surface area contributed by atoms with Gasteiger partial charge in [0.2, 0.25) is 0 Å². The number of benzene rings is 1. The molecule has 0 unspecified atom stereocenters. The van der Waals surface area contributed by atoms with E-state index in [-0.39, 0.29) is 6.61 Å². The van der Waals surface area contributed by atoms with Gasteiger partial charge < -0.3 is 9.47 Å². The Morgan fingerprint density at radius 1 is 1.11 bits per heavy atom. The lowest BCUT2D eigenvalue weighted by molar-refractivity contribution is -0.174. The van der Waals surface area contributed by atoms with Crippen molar-refractivity contribution in [3.05, 3.63) is 29.3 Å². The predicted octanol–water partition coefficient (Wildman–Crippen LogP) is 3.65. The first kappa shape index (κ1) is 14.8. The van der Waals surface area contributed by atoms with Crippen LogP contribution in [0.4, 0.5) is 13.2 Å². The van der Waals surface area contributed by atoms with Crippen LogP contribution in [0.25, 0.3) is 0 Å². The van der Waals surface area contributed by atoms with E-state index in [0.717, 1.165) is 16.9 Å². The number of rotatable bonds is 6. The highest BCUT2D eigenvalue weighted by Gasteiger charge is 2.27. The van der Waals surface area contributed by atoms with Crippen molar-refractivity contribution in [3.8, 4) is 5.75 Å². The zero-order valence-corrected chi connectivity index (χ0v) is 10.5. The first-order chi connectivity index (χ1) is 8.38. The third kappa shape index (κ3) is 5.91. The molecule has 0 amide bonds. The molecule has 0 aromatic heterocycles. The van der Waals surface area contributed by atoms with Crippen LogP contribution in [-0.4, -0.2) is 26.0 Å². The summed E-state index contributed by atoms with van der Waals surface area (Å²) in [6.07, 6.45) is -3.82. The zero-order valence-electron chi connectivity index (χ0n) is 10.5. The molecule has 0 aliphatic heterocycles. The minimum atomic E-state index is -4.26. The molecular formula is C13H17F3O2. The third-order valence-corrected chi connectivity index (χ3v) is 2.30. The lowest BCUT2D eigenvalue weighted by Crippen LogP contribution is -2.18. The van der Waals surface area contributed by atoms with Crippen molar-refractivity contribution < 1.29 is 22.6 Å². The molecule has 1 aromatic carbocycles. The largest absolute Gasteiger partial charge is 0.493 e. The SMILES string of the molecule is Cc1ccc(C)c(OCCCOCC(F)(F)F)c1. The highest BCUT2D eigenvalue weighted by molar-refractivity contribution is 5.35. The highest BCUT2D eigenvalue weighted by Crippen LogP contribution is 2.19. The van der Waals surface area contributed by atoms with E-state index in [2.05, 4.69) is 4.74 Å². The molecule has 0 N–H and O–H groups in total. The van der Waals surface area contributed by atoms with Gasteiger partial charge in [0.25, 0.3) is 0 Å². The monoisotopic (exact) mass is 262 g/mol. The van der Waals surface area contributed by atoms with Crippen molar-refractivity contribution in [3.63, 3.8) is 0 Å². The van der Waals surface area contributed by atoms with Gasteiger partial charge in [0.05, 0.1) is 13.2 Å². The summed E-state index contributed by atoms with van der Waals surface area (Å²) in [6.45, 7) is 3.08. The van der Waals surface area contributed by atoms with Gasteiger partial charge >= 0.3 is 6.18 Å². The summed E-state index contributed by atoms with van der Waals surface area (Å²) in [7, 11) is 0. The van der Waals surface area contributed by atoms with Gasteiger partial charge in [-0.25, -0.2) is 0 Å². The number of hydrogen-bond acceptors (Lipinski definition) is 2. The minimum absolute atomic E-state index is 0.0460. The van der Waals surface area contributed by atoms with Crippen LogP contribution in [0.3, 0.4) is 0 Å². The summed E-state index contributed by atoms with van der Waals surface area (Å²) in [5.41, 5.74) is 2.10. The Morgan fingerprint density at radius 3 is 2.50 bits per heavy atom. The van der Waals surface area contributed by atoms with E-state index in [0.29, 0.717) is 13.0 Å². The molecule has 1 rings (SSSR count). The molecule has 0 heterocycles. The Bertz CT molecular complexity index is 375. The van der Waals surface area contributed by atoms with E-state index < -0.39 is 12.8 Å². The number of ether oxygens (including phenoxy) is 2. The fourth-order valence-electron chi connectivity index (χ4n) is 1.39. The van der Waals surface area contributed by atoms with Gasteiger partial charge in [-0.05, 0) is 31.0 Å². The Balaban J connectivity index is 2.20. The summed E-state index contributed by atoms with van der Waals surface area (Å²) < 4.78 is 45.3. The van der Waals surface area contributed by atoms with Crippen LogP contribution in [0.2, 0.25) is 0 Å². The molecule has 0 saturated heterocycles. The van der Waals surface area contributed by atoms with Crippen LogP contribution in [0.15, 0.2) is 18.2 Å². The van der Waals surface area contributed by atoms with Crippen molar-refractivity contribution >= 4 is 0 Å². The smallest absolute Gasteiger partial charge is 0.411 e. The average Bonchev–Trinajstić information content (AvgIpc) is 2.26. The van der Waals surface area contributed by atoms with Crippen molar-refractivity contribution in [2.24, 2.45) is 0 Å². The number of hydrogen-bond donors (Lipinski definition) is 0. The molecule has 0 spiro atoms. The van der Waals surface area contributed by atoms with Crippen LogP contribution >= 0.6 is 0 Å². The predicted molar refractivity (Wildman–Crippen MR) is 62.9 cm³/mol. The Labute approximate surface area is 105 Å². The molecule has 0 saturated carbocycles. The summed E-state index contributed by atoms with van der Waals surface area (Å²) in [6, 6.07) is 5.84. The fraction of sp³-hybridized carbons (Fsp3) is 0.538. The van der Waals surface area contributed by atoms with Crippen LogP contribution in [0, 0.1) is 13.8 Å². The summed E-state index contributed by atoms with van der Waals surface area (Å²) in [4.78, 5) is 0. The van der Waals surface area contributed by atoms with Crippen LogP contribution in [0.5, 0.6) is 5.75 Å². The van der Waals surface area contributed by atoms with Gasteiger partial charge in [-0.15, -0.1) is 0 Å². The third-order valence-electron chi connectivity index (χ3n) is 2.30. The van der Waals surface area contributed by atoms with Crippen molar-refractivity contribution in [1.82, 2.24) is 0 Å². The molecule has 0 atom stereocenters. The topological polar surface area (TPSA) is 18.5 Å². The van der Waals surface area contributed by atoms with Crippen molar-refractivity contribution in [1.29, 1.82) is 0 Å². The lowest BCUT2D eigenvalue weighted by atomic mass is 10.1. The van der Waals surface area contributed by atoms with Gasteiger partial charge in [0.1, 0.15) is 12.4 Å². The lowest BCUT2D eigenvalue weighted by Gasteiger charge is -2.10. The van der Waals surface area contributed by atoms with E-state index >= 15 is 0 Å². The molecular weight excluding hydrogens is 245 g/mol. The fourth-order valence-corrected chi connectivity index (χ4v) is 1.39. The van der Waals surface area contributed by atoms with E-state index in [1.54, 1.807) is 0 Å². The number of alkyl halides is 3. The van der Waals surface area contributed by atoms with E-state index in [1.165, 1.54) is 0 Å². The molecule has 0 radical (unpaired) electrons. The highest BCUT2D eigenvalue weighted by atomic mass is 19.4. The second kappa shape index (κ2) is 6.64. The average molecular weight is 262 g/mol. The molecule has 0 aliphatic rings. The van der Waals surface area contributed by atoms with Crippen molar-refractivity contribution in [2.75, 3.05) is 19.8 Å². The Morgan fingerprint density at radius 2 is 1.83 bits per heavy atom. The Kier molecular flexibility index (Phi) is 5.47. The van der Waals surface area contributed by atoms with E-state index in [1.807, 2.05) is 32.0 Å². The number of halogens is 3. The molecule has 102 valence electrons. The first-order valence-electron chi connectivity index (χ1n) is 5.73. The number of aryl methyl sites for hydroxylation is 2. The molecule has 0 bridgehead atoms.